The SMILES string of the molecule is CSCCC(N)C(=O)NC(CCC(=O)O)C(=O)NC(CCCN=C(N)N)C(=O)NC(Cc1c[nH]c2ccccc12)C(=O)O. The Morgan fingerprint density at radius 2 is 1.56 bits per heavy atom. The van der Waals surface area contributed by atoms with Crippen LogP contribution >= 0.6 is 11.8 Å². The fraction of sp³-hybridized carbons (Fsp3) is 0.481. The summed E-state index contributed by atoms with van der Waals surface area (Å²) in [6.45, 7) is 0.128. The third kappa shape index (κ3) is 11.8. The summed E-state index contributed by atoms with van der Waals surface area (Å²) in [6, 6.07) is 2.49. The van der Waals surface area contributed by atoms with Gasteiger partial charge in [0.1, 0.15) is 18.1 Å². The first kappa shape index (κ1) is 34.9. The first-order chi connectivity index (χ1) is 20.4. The lowest BCUT2D eigenvalue weighted by molar-refractivity contribution is -0.142. The van der Waals surface area contributed by atoms with Crippen molar-refractivity contribution in [2.24, 2.45) is 22.2 Å². The number of nitrogens with two attached hydrogens (primary N) is 3. The van der Waals surface area contributed by atoms with Gasteiger partial charge in [-0.2, -0.15) is 11.8 Å². The summed E-state index contributed by atoms with van der Waals surface area (Å²) in [6.07, 6.45) is 3.37. The molecule has 2 aromatic rings. The van der Waals surface area contributed by atoms with Crippen LogP contribution in [0.5, 0.6) is 0 Å². The fourth-order valence-corrected chi connectivity index (χ4v) is 4.72. The van der Waals surface area contributed by atoms with Crippen molar-refractivity contribution in [2.75, 3.05) is 18.6 Å². The number of carboxylic acids is 2. The molecule has 236 valence electrons. The third-order valence-electron chi connectivity index (χ3n) is 6.54. The van der Waals surface area contributed by atoms with E-state index in [1.54, 1.807) is 6.20 Å². The standard InChI is InChI=1S/C27H40N8O7S/c1-43-12-10-17(28)23(38)33-20(8-9-22(36)37)25(40)34-19(7-4-11-31-27(29)30)24(39)35-21(26(41)42)13-15-14-32-18-6-3-2-5-16(15)18/h2-3,5-6,14,17,19-21,32H,4,7-13,28H2,1H3,(H,33,38)(H,34,40)(H,35,39)(H,36,37)(H,41,42)(H4,29,30,31). The van der Waals surface area contributed by atoms with Crippen LogP contribution in [0.3, 0.4) is 0 Å². The highest BCUT2D eigenvalue weighted by Crippen LogP contribution is 2.19. The number of aliphatic imine (C=N–C) groups is 1. The zero-order chi connectivity index (χ0) is 31.9. The number of amides is 3. The van der Waals surface area contributed by atoms with Crippen LogP contribution in [0, 0.1) is 0 Å². The number of carbonyl (C=O) groups excluding carboxylic acids is 3. The van der Waals surface area contributed by atoms with Gasteiger partial charge in [0.25, 0.3) is 0 Å². The average Bonchev–Trinajstić information content (AvgIpc) is 3.37. The van der Waals surface area contributed by atoms with E-state index < -0.39 is 60.2 Å². The zero-order valence-corrected chi connectivity index (χ0v) is 24.7. The molecule has 0 radical (unpaired) electrons. The number of hydrogen-bond acceptors (Lipinski definition) is 8. The first-order valence-corrected chi connectivity index (χ1v) is 15.0. The van der Waals surface area contributed by atoms with Crippen LogP contribution in [0.25, 0.3) is 10.9 Å². The number of carboxylic acid groups (broad SMARTS) is 2. The van der Waals surface area contributed by atoms with Crippen molar-refractivity contribution in [1.29, 1.82) is 0 Å². The first-order valence-electron chi connectivity index (χ1n) is 13.6. The third-order valence-corrected chi connectivity index (χ3v) is 7.19. The van der Waals surface area contributed by atoms with Crippen LogP contribution in [-0.2, 0) is 30.4 Å². The Morgan fingerprint density at radius 3 is 2.19 bits per heavy atom. The predicted octanol–water partition coefficient (Wildman–Crippen LogP) is -0.752. The molecule has 0 saturated carbocycles. The van der Waals surface area contributed by atoms with Crippen molar-refractivity contribution in [1.82, 2.24) is 20.9 Å². The monoisotopic (exact) mass is 620 g/mol. The summed E-state index contributed by atoms with van der Waals surface area (Å²) in [5.74, 6) is -4.28. The number of thioether (sulfide) groups is 1. The molecule has 0 aliphatic carbocycles. The molecule has 12 N–H and O–H groups in total. The summed E-state index contributed by atoms with van der Waals surface area (Å²) >= 11 is 1.49. The highest BCUT2D eigenvalue weighted by molar-refractivity contribution is 7.98. The maximum atomic E-state index is 13.4. The molecular formula is C27H40N8O7S. The van der Waals surface area contributed by atoms with Crippen molar-refractivity contribution < 1.29 is 34.2 Å². The summed E-state index contributed by atoms with van der Waals surface area (Å²) in [4.78, 5) is 69.5. The molecule has 4 unspecified atom stereocenters. The molecule has 15 nitrogen and oxygen atoms in total. The van der Waals surface area contributed by atoms with Crippen molar-refractivity contribution >= 4 is 58.3 Å². The quantitative estimate of drug-likeness (QED) is 0.0535. The number of carbonyl (C=O) groups is 5. The van der Waals surface area contributed by atoms with Gasteiger partial charge in [0, 0.05) is 36.5 Å². The maximum Gasteiger partial charge on any atom is 0.326 e. The van der Waals surface area contributed by atoms with Gasteiger partial charge in [0.15, 0.2) is 5.96 Å². The summed E-state index contributed by atoms with van der Waals surface area (Å²) < 4.78 is 0. The normalized spacial score (nSPS) is 13.7. The van der Waals surface area contributed by atoms with Crippen molar-refractivity contribution in [3.8, 4) is 0 Å². The number of fused-ring (bicyclic) bond motifs is 1. The number of para-hydroxylation sites is 1. The van der Waals surface area contributed by atoms with E-state index >= 15 is 0 Å². The van der Waals surface area contributed by atoms with Gasteiger partial charge in [-0.1, -0.05) is 18.2 Å². The molecule has 0 bridgehead atoms. The van der Waals surface area contributed by atoms with E-state index in [1.165, 1.54) is 11.8 Å². The maximum absolute atomic E-state index is 13.4. The lowest BCUT2D eigenvalue weighted by Gasteiger charge is -2.25. The predicted molar refractivity (Wildman–Crippen MR) is 163 cm³/mol. The van der Waals surface area contributed by atoms with E-state index in [0.29, 0.717) is 17.7 Å². The number of aromatic amines is 1. The fourth-order valence-electron chi connectivity index (χ4n) is 4.23. The Hall–Kier alpha value is -4.31. The summed E-state index contributed by atoms with van der Waals surface area (Å²) in [5.41, 5.74) is 18.1. The Balaban J connectivity index is 2.22. The van der Waals surface area contributed by atoms with Crippen LogP contribution in [0.1, 0.15) is 37.7 Å². The van der Waals surface area contributed by atoms with E-state index in [0.717, 1.165) is 10.9 Å². The molecule has 0 fully saturated rings. The van der Waals surface area contributed by atoms with Gasteiger partial charge in [-0.25, -0.2) is 4.79 Å². The van der Waals surface area contributed by atoms with Crippen molar-refractivity contribution in [3.05, 3.63) is 36.0 Å². The summed E-state index contributed by atoms with van der Waals surface area (Å²) in [5, 5.41) is 27.3. The number of H-pyrrole nitrogens is 1. The highest BCUT2D eigenvalue weighted by atomic mass is 32.2. The van der Waals surface area contributed by atoms with Crippen LogP contribution in [0.2, 0.25) is 0 Å². The minimum atomic E-state index is -1.33. The smallest absolute Gasteiger partial charge is 0.326 e. The molecule has 1 aromatic carbocycles. The lowest BCUT2D eigenvalue weighted by Crippen LogP contribution is -2.57. The second-order valence-corrected chi connectivity index (χ2v) is 10.8. The molecule has 3 amide bonds. The number of benzene rings is 1. The van der Waals surface area contributed by atoms with Gasteiger partial charge >= 0.3 is 11.9 Å². The largest absolute Gasteiger partial charge is 0.481 e. The molecular weight excluding hydrogens is 580 g/mol. The van der Waals surface area contributed by atoms with E-state index in [4.69, 9.17) is 22.3 Å². The average molecular weight is 621 g/mol. The lowest BCUT2D eigenvalue weighted by atomic mass is 10.0. The topological polar surface area (TPSA) is 268 Å². The van der Waals surface area contributed by atoms with Crippen LogP contribution < -0.4 is 33.2 Å². The second kappa shape index (κ2) is 17.6. The zero-order valence-electron chi connectivity index (χ0n) is 23.9. The molecule has 0 spiro atoms. The molecule has 0 aliphatic heterocycles. The molecule has 2 rings (SSSR count). The number of nitrogens with zero attached hydrogens (tertiary/aromatic N) is 1. The second-order valence-electron chi connectivity index (χ2n) is 9.85. The summed E-state index contributed by atoms with van der Waals surface area (Å²) in [7, 11) is 0. The van der Waals surface area contributed by atoms with Crippen LogP contribution in [0.15, 0.2) is 35.5 Å². The Labute approximate surface area is 252 Å². The van der Waals surface area contributed by atoms with Gasteiger partial charge in [-0.05, 0) is 49.3 Å². The highest BCUT2D eigenvalue weighted by Gasteiger charge is 2.31. The Morgan fingerprint density at radius 1 is 0.930 bits per heavy atom. The van der Waals surface area contributed by atoms with E-state index in [-0.39, 0.29) is 38.2 Å². The number of hydrogen-bond donors (Lipinski definition) is 9. The van der Waals surface area contributed by atoms with Crippen molar-refractivity contribution in [3.63, 3.8) is 0 Å². The molecule has 0 aliphatic rings. The number of aromatic nitrogens is 1. The number of rotatable bonds is 19. The van der Waals surface area contributed by atoms with Gasteiger partial charge in [-0.3, -0.25) is 24.2 Å². The molecule has 43 heavy (non-hydrogen) atoms. The molecule has 0 saturated heterocycles. The molecule has 1 aromatic heterocycles. The van der Waals surface area contributed by atoms with Crippen LogP contribution in [0.4, 0.5) is 0 Å². The van der Waals surface area contributed by atoms with E-state index in [1.807, 2.05) is 30.5 Å². The van der Waals surface area contributed by atoms with Gasteiger partial charge in [0.2, 0.25) is 17.7 Å². The van der Waals surface area contributed by atoms with Gasteiger partial charge in [-0.15, -0.1) is 0 Å². The van der Waals surface area contributed by atoms with E-state index in [2.05, 4.69) is 25.9 Å². The van der Waals surface area contributed by atoms with Gasteiger partial charge < -0.3 is 48.3 Å². The van der Waals surface area contributed by atoms with Gasteiger partial charge in [0.05, 0.1) is 6.04 Å². The minimum Gasteiger partial charge on any atom is -0.481 e. The van der Waals surface area contributed by atoms with E-state index in [9.17, 15) is 29.1 Å². The molecule has 16 heteroatoms. The van der Waals surface area contributed by atoms with Crippen LogP contribution in [-0.4, -0.2) is 93.5 Å². The Kier molecular flexibility index (Phi) is 14.3. The molecule has 4 atom stereocenters. The number of aliphatic carboxylic acids is 2. The minimum absolute atomic E-state index is 0.0145. The van der Waals surface area contributed by atoms with Crippen molar-refractivity contribution in [2.45, 2.75) is 62.7 Å². The number of guanidine groups is 1. The Bertz CT molecular complexity index is 1300. The number of nitrogens with one attached hydrogen (secondary N) is 4. The molecule has 1 heterocycles.